The van der Waals surface area contributed by atoms with Crippen LogP contribution in [0, 0.1) is 0 Å². The van der Waals surface area contributed by atoms with E-state index in [0.717, 1.165) is 17.4 Å². The van der Waals surface area contributed by atoms with Crippen LogP contribution < -0.4 is 5.73 Å². The van der Waals surface area contributed by atoms with E-state index >= 15 is 0 Å². The van der Waals surface area contributed by atoms with E-state index in [1.165, 1.54) is 6.07 Å². The number of thiophene rings is 1. The summed E-state index contributed by atoms with van der Waals surface area (Å²) in [5, 5.41) is 0. The number of hydrogen-bond acceptors (Lipinski definition) is 3. The molecule has 3 nitrogen and oxygen atoms in total. The van der Waals surface area contributed by atoms with Gasteiger partial charge in [0.05, 0.1) is 9.04 Å². The maximum Gasteiger partial charge on any atom is 0.380 e. The van der Waals surface area contributed by atoms with Crippen molar-refractivity contribution in [1.29, 1.82) is 0 Å². The average Bonchev–Trinajstić information content (AvgIpc) is 2.60. The average molecular weight is 252 g/mol. The van der Waals surface area contributed by atoms with Crippen LogP contribution in [0.15, 0.2) is 16.5 Å². The van der Waals surface area contributed by atoms with Gasteiger partial charge in [-0.25, -0.2) is 0 Å². The van der Waals surface area contributed by atoms with E-state index in [4.69, 9.17) is 16.0 Å². The van der Waals surface area contributed by atoms with Gasteiger partial charge in [0, 0.05) is 12.1 Å². The zero-order valence-corrected chi connectivity index (χ0v) is 8.66. The first kappa shape index (κ1) is 10.4. The van der Waals surface area contributed by atoms with E-state index in [2.05, 4.69) is 5.73 Å². The first-order valence-electron chi connectivity index (χ1n) is 3.78. The van der Waals surface area contributed by atoms with Crippen molar-refractivity contribution < 1.29 is 18.0 Å². The lowest BCUT2D eigenvalue weighted by Gasteiger charge is -2.07. The standard InChI is InChI=1S/C8H4ClF2NO2S/c9-6-1-3-4(15-6)2-5(14-3)8(10,11)7(12)13/h1-2H,(H2,12,13). The van der Waals surface area contributed by atoms with Gasteiger partial charge in [0.2, 0.25) is 0 Å². The highest BCUT2D eigenvalue weighted by molar-refractivity contribution is 7.22. The van der Waals surface area contributed by atoms with Crippen LogP contribution in [0.4, 0.5) is 8.78 Å². The summed E-state index contributed by atoms with van der Waals surface area (Å²) in [6.45, 7) is 0. The van der Waals surface area contributed by atoms with E-state index in [0.29, 0.717) is 9.04 Å². The van der Waals surface area contributed by atoms with Crippen LogP contribution in [-0.2, 0) is 10.7 Å². The van der Waals surface area contributed by atoms with Gasteiger partial charge in [0.25, 0.3) is 5.91 Å². The Bertz CT molecular complexity index is 502. The molecule has 2 aromatic rings. The summed E-state index contributed by atoms with van der Waals surface area (Å²) in [6, 6.07) is 2.47. The molecule has 0 spiro atoms. The lowest BCUT2D eigenvalue weighted by molar-refractivity contribution is -0.145. The van der Waals surface area contributed by atoms with Crippen LogP contribution >= 0.6 is 22.9 Å². The van der Waals surface area contributed by atoms with Crippen LogP contribution in [0.3, 0.4) is 0 Å². The molecule has 2 heterocycles. The van der Waals surface area contributed by atoms with E-state index in [9.17, 15) is 13.6 Å². The summed E-state index contributed by atoms with van der Waals surface area (Å²) in [5.41, 5.74) is 4.77. The Morgan fingerprint density at radius 1 is 1.53 bits per heavy atom. The van der Waals surface area contributed by atoms with Crippen molar-refractivity contribution in [3.05, 3.63) is 22.2 Å². The molecule has 1 amide bonds. The van der Waals surface area contributed by atoms with Gasteiger partial charge in [0.1, 0.15) is 5.58 Å². The molecule has 0 bridgehead atoms. The minimum atomic E-state index is -3.79. The van der Waals surface area contributed by atoms with Gasteiger partial charge in [-0.2, -0.15) is 8.78 Å². The van der Waals surface area contributed by atoms with Crippen molar-refractivity contribution in [3.63, 3.8) is 0 Å². The smallest absolute Gasteiger partial charge is 0.380 e. The van der Waals surface area contributed by atoms with Crippen molar-refractivity contribution in [2.24, 2.45) is 5.73 Å². The van der Waals surface area contributed by atoms with Crippen molar-refractivity contribution in [1.82, 2.24) is 0 Å². The molecule has 2 aromatic heterocycles. The summed E-state index contributed by atoms with van der Waals surface area (Å²) in [4.78, 5) is 10.5. The van der Waals surface area contributed by atoms with E-state index in [-0.39, 0.29) is 5.58 Å². The number of nitrogens with two attached hydrogens (primary N) is 1. The third-order valence-corrected chi connectivity index (χ3v) is 2.99. The molecule has 0 unspecified atom stereocenters. The topological polar surface area (TPSA) is 56.2 Å². The number of halogens is 3. The Morgan fingerprint density at radius 2 is 2.20 bits per heavy atom. The second-order valence-electron chi connectivity index (χ2n) is 2.83. The number of fused-ring (bicyclic) bond motifs is 1. The molecule has 0 saturated heterocycles. The third-order valence-electron chi connectivity index (χ3n) is 1.80. The molecule has 0 aliphatic heterocycles. The predicted molar refractivity (Wildman–Crippen MR) is 52.2 cm³/mol. The molecule has 0 saturated carbocycles. The summed E-state index contributed by atoms with van der Waals surface area (Å²) in [6.07, 6.45) is 0. The maximum absolute atomic E-state index is 13.1. The zero-order valence-electron chi connectivity index (χ0n) is 7.09. The van der Waals surface area contributed by atoms with Gasteiger partial charge in [-0.15, -0.1) is 11.3 Å². The molecule has 7 heteroatoms. The molecule has 0 atom stereocenters. The lowest BCUT2D eigenvalue weighted by Crippen LogP contribution is -2.32. The molecule has 0 fully saturated rings. The lowest BCUT2D eigenvalue weighted by atomic mass is 10.2. The molecular formula is C8H4ClF2NO2S. The molecule has 0 aliphatic rings. The Hall–Kier alpha value is -1.14. The molecule has 15 heavy (non-hydrogen) atoms. The van der Waals surface area contributed by atoms with E-state index in [1.54, 1.807) is 0 Å². The third kappa shape index (κ3) is 1.59. The normalized spacial score (nSPS) is 12.2. The number of carbonyl (C=O) groups excluding carboxylic acids is 1. The van der Waals surface area contributed by atoms with Crippen LogP contribution in [0.1, 0.15) is 5.76 Å². The molecular weight excluding hydrogens is 248 g/mol. The number of rotatable bonds is 2. The van der Waals surface area contributed by atoms with Crippen molar-refractivity contribution in [2.45, 2.75) is 5.92 Å². The molecule has 0 aromatic carbocycles. The van der Waals surface area contributed by atoms with Gasteiger partial charge < -0.3 is 10.2 Å². The summed E-state index contributed by atoms with van der Waals surface area (Å²) in [5.74, 6) is -6.28. The first-order valence-corrected chi connectivity index (χ1v) is 4.98. The Balaban J connectivity index is 2.54. The first-order chi connectivity index (χ1) is 6.91. The minimum Gasteiger partial charge on any atom is -0.453 e. The number of furan rings is 1. The maximum atomic E-state index is 13.1. The number of alkyl halides is 2. The Kier molecular flexibility index (Phi) is 2.20. The summed E-state index contributed by atoms with van der Waals surface area (Å²) < 4.78 is 31.9. The summed E-state index contributed by atoms with van der Waals surface area (Å²) >= 11 is 6.72. The second kappa shape index (κ2) is 3.18. The fourth-order valence-corrected chi connectivity index (χ4v) is 2.17. The van der Waals surface area contributed by atoms with E-state index < -0.39 is 17.6 Å². The molecule has 0 aliphatic carbocycles. The van der Waals surface area contributed by atoms with Crippen molar-refractivity contribution >= 4 is 39.1 Å². The van der Waals surface area contributed by atoms with Gasteiger partial charge in [-0.1, -0.05) is 11.6 Å². The number of primary amides is 1. The van der Waals surface area contributed by atoms with Crippen molar-refractivity contribution in [3.8, 4) is 0 Å². The second-order valence-corrected chi connectivity index (χ2v) is 4.54. The van der Waals surface area contributed by atoms with E-state index in [1.807, 2.05) is 0 Å². The zero-order chi connectivity index (χ0) is 11.2. The molecule has 2 rings (SSSR count). The van der Waals surface area contributed by atoms with Gasteiger partial charge in [0.15, 0.2) is 5.76 Å². The highest BCUT2D eigenvalue weighted by atomic mass is 35.5. The van der Waals surface area contributed by atoms with Crippen LogP contribution in [0.5, 0.6) is 0 Å². The molecule has 80 valence electrons. The number of amides is 1. The number of hydrogen-bond donors (Lipinski definition) is 1. The van der Waals surface area contributed by atoms with Gasteiger partial charge in [-0.05, 0) is 0 Å². The van der Waals surface area contributed by atoms with Crippen LogP contribution in [0.2, 0.25) is 4.34 Å². The number of carbonyl (C=O) groups is 1. The monoisotopic (exact) mass is 251 g/mol. The molecule has 2 N–H and O–H groups in total. The van der Waals surface area contributed by atoms with Crippen molar-refractivity contribution in [2.75, 3.05) is 0 Å². The Morgan fingerprint density at radius 3 is 2.73 bits per heavy atom. The largest absolute Gasteiger partial charge is 0.453 e. The highest BCUT2D eigenvalue weighted by Crippen LogP contribution is 2.37. The van der Waals surface area contributed by atoms with Gasteiger partial charge >= 0.3 is 5.92 Å². The minimum absolute atomic E-state index is 0.223. The predicted octanol–water partition coefficient (Wildman–Crippen LogP) is 2.72. The van der Waals surface area contributed by atoms with Crippen LogP contribution in [0.25, 0.3) is 10.3 Å². The fourth-order valence-electron chi connectivity index (χ4n) is 1.08. The highest BCUT2D eigenvalue weighted by Gasteiger charge is 2.42. The Labute approximate surface area is 91.4 Å². The SMILES string of the molecule is NC(=O)C(F)(F)c1cc2sc(Cl)cc2o1. The van der Waals surface area contributed by atoms with Crippen LogP contribution in [-0.4, -0.2) is 5.91 Å². The fraction of sp³-hybridized carbons (Fsp3) is 0.125. The van der Waals surface area contributed by atoms with Gasteiger partial charge in [-0.3, -0.25) is 4.79 Å². The summed E-state index contributed by atoms with van der Waals surface area (Å²) in [7, 11) is 0. The quantitative estimate of drug-likeness (QED) is 0.892. The molecule has 0 radical (unpaired) electrons.